The number of hydrogen-bond donors (Lipinski definition) is 0. The van der Waals surface area contributed by atoms with Crippen LogP contribution in [0.1, 0.15) is 0 Å². The highest BCUT2D eigenvalue weighted by Gasteiger charge is 2.16. The molecule has 0 saturated heterocycles. The summed E-state index contributed by atoms with van der Waals surface area (Å²) in [6.07, 6.45) is 0. The fourth-order valence-electron chi connectivity index (χ4n) is 7.71. The highest BCUT2D eigenvalue weighted by molar-refractivity contribution is 6.19. The molecule has 0 N–H and O–H groups in total. The van der Waals surface area contributed by atoms with E-state index in [1.807, 2.05) is 12.1 Å². The van der Waals surface area contributed by atoms with Gasteiger partial charge in [-0.2, -0.15) is 0 Å². The average Bonchev–Trinajstić information content (AvgIpc) is 3.73. The maximum absolute atomic E-state index is 6.42. The minimum absolute atomic E-state index is 0.606. The highest BCUT2D eigenvalue weighted by atomic mass is 16.3. The number of aromatic nitrogens is 4. The maximum atomic E-state index is 6.42. The first-order chi connectivity index (χ1) is 24.8. The molecule has 0 radical (unpaired) electrons. The summed E-state index contributed by atoms with van der Waals surface area (Å²) in [7, 11) is 0. The molecular weight excluding hydrogens is 613 g/mol. The molecule has 7 aromatic carbocycles. The van der Waals surface area contributed by atoms with E-state index in [1.54, 1.807) is 0 Å². The Bertz CT molecular complexity index is 3210. The zero-order chi connectivity index (χ0) is 32.8. The number of para-hydroxylation sites is 2. The average molecular weight is 639 g/mol. The van der Waals surface area contributed by atoms with Gasteiger partial charge in [-0.05, 0) is 70.1 Å². The largest absolute Gasteiger partial charge is 0.456 e. The standard InChI is InChI=1S/C45H26N4O/c1-2-12-31(13-3-1)49-38-18-7-6-16-34(38)35-22-20-30(26-39(35)49)44-46-43-29-11-8-10-27(24-29)32-14-4-5-15-33(32)28-21-23-40-37(25-28)42-36(45(47-43)48-44)17-9-19-41(42)50-40/h1-26H. The van der Waals surface area contributed by atoms with Crippen LogP contribution in [0.5, 0.6) is 0 Å². The summed E-state index contributed by atoms with van der Waals surface area (Å²) < 4.78 is 8.74. The highest BCUT2D eigenvalue weighted by Crippen LogP contribution is 2.37. The summed E-state index contributed by atoms with van der Waals surface area (Å²) in [6.45, 7) is 0. The van der Waals surface area contributed by atoms with Gasteiger partial charge in [0.2, 0.25) is 0 Å². The number of nitrogens with zero attached hydrogens (tertiary/aromatic N) is 4. The topological polar surface area (TPSA) is 56.7 Å². The molecule has 0 saturated carbocycles. The molecule has 6 bridgehead atoms. The molecule has 0 atom stereocenters. The van der Waals surface area contributed by atoms with Crippen LogP contribution in [0.3, 0.4) is 0 Å². The van der Waals surface area contributed by atoms with Crippen LogP contribution in [-0.2, 0) is 0 Å². The van der Waals surface area contributed by atoms with Gasteiger partial charge in [0.1, 0.15) is 11.2 Å². The van der Waals surface area contributed by atoms with Crippen molar-refractivity contribution < 1.29 is 4.42 Å². The van der Waals surface area contributed by atoms with Gasteiger partial charge in [0, 0.05) is 43.6 Å². The lowest BCUT2D eigenvalue weighted by molar-refractivity contribution is 0.669. The van der Waals surface area contributed by atoms with Crippen molar-refractivity contribution in [3.63, 3.8) is 0 Å². The molecule has 0 aliphatic carbocycles. The van der Waals surface area contributed by atoms with Crippen LogP contribution in [0.4, 0.5) is 0 Å². The molecule has 0 unspecified atom stereocenters. The molecular formula is C45H26N4O. The first kappa shape index (κ1) is 27.1. The normalized spacial score (nSPS) is 12.0. The predicted molar refractivity (Wildman–Crippen MR) is 206 cm³/mol. The first-order valence-electron chi connectivity index (χ1n) is 16.8. The van der Waals surface area contributed by atoms with Gasteiger partial charge < -0.3 is 8.98 Å². The van der Waals surface area contributed by atoms with E-state index in [-0.39, 0.29) is 0 Å². The van der Waals surface area contributed by atoms with Crippen molar-refractivity contribution in [2.45, 2.75) is 0 Å². The SMILES string of the molecule is c1ccc(-n2c3ccccc3c3ccc(-c4nc5nc(n4)c4cccc6oc7ccc(cc7c64)c4ccccc4c4cccc5c4)cc32)cc1. The fourth-order valence-corrected chi connectivity index (χ4v) is 7.71. The molecule has 0 aliphatic heterocycles. The molecule has 11 aromatic rings. The molecule has 5 nitrogen and oxygen atoms in total. The van der Waals surface area contributed by atoms with Crippen LogP contribution in [0.15, 0.2) is 162 Å². The quantitative estimate of drug-likeness (QED) is 0.189. The summed E-state index contributed by atoms with van der Waals surface area (Å²) in [6, 6.07) is 55.3. The summed E-state index contributed by atoms with van der Waals surface area (Å²) >= 11 is 0. The van der Waals surface area contributed by atoms with Crippen molar-refractivity contribution >= 4 is 87.4 Å². The molecule has 4 heterocycles. The minimum atomic E-state index is 0.606. The Labute approximate surface area is 285 Å². The minimum Gasteiger partial charge on any atom is -0.456 e. The van der Waals surface area contributed by atoms with Gasteiger partial charge in [-0.1, -0.05) is 109 Å². The van der Waals surface area contributed by atoms with Gasteiger partial charge in [-0.25, -0.2) is 15.0 Å². The second-order valence-corrected chi connectivity index (χ2v) is 12.8. The number of fused-ring (bicyclic) bond motifs is 13. The number of rotatable bonds is 2. The summed E-state index contributed by atoms with van der Waals surface area (Å²) in [4.78, 5) is 15.6. The Hall–Kier alpha value is -6.85. The van der Waals surface area contributed by atoms with Gasteiger partial charge in [0.05, 0.1) is 11.0 Å². The predicted octanol–water partition coefficient (Wildman–Crippen LogP) is 11.7. The second kappa shape index (κ2) is 10.3. The van der Waals surface area contributed by atoms with E-state index >= 15 is 0 Å². The molecule has 0 aliphatic rings. The molecule has 0 amide bonds. The van der Waals surface area contributed by atoms with Crippen LogP contribution in [-0.4, -0.2) is 19.5 Å². The van der Waals surface area contributed by atoms with Crippen molar-refractivity contribution in [2.24, 2.45) is 0 Å². The van der Waals surface area contributed by atoms with Gasteiger partial charge in [-0.3, -0.25) is 0 Å². The van der Waals surface area contributed by atoms with Crippen molar-refractivity contribution in [2.75, 3.05) is 0 Å². The Kier molecular flexibility index (Phi) is 5.60. The molecule has 5 heteroatoms. The van der Waals surface area contributed by atoms with Gasteiger partial charge in [-0.15, -0.1) is 0 Å². The lowest BCUT2D eigenvalue weighted by Crippen LogP contribution is -1.96. The Morgan fingerprint density at radius 2 is 1.10 bits per heavy atom. The molecule has 232 valence electrons. The van der Waals surface area contributed by atoms with Gasteiger partial charge >= 0.3 is 0 Å². The van der Waals surface area contributed by atoms with E-state index in [2.05, 4.69) is 150 Å². The Morgan fingerprint density at radius 3 is 1.98 bits per heavy atom. The first-order valence-corrected chi connectivity index (χ1v) is 16.8. The van der Waals surface area contributed by atoms with Crippen molar-refractivity contribution in [1.82, 2.24) is 19.5 Å². The fraction of sp³-hybridized carbons (Fsp3) is 0. The monoisotopic (exact) mass is 638 g/mol. The van der Waals surface area contributed by atoms with Crippen molar-refractivity contribution in [1.29, 1.82) is 0 Å². The third-order valence-corrected chi connectivity index (χ3v) is 9.99. The van der Waals surface area contributed by atoms with Crippen LogP contribution < -0.4 is 0 Å². The Morgan fingerprint density at radius 1 is 0.400 bits per heavy atom. The molecule has 11 rings (SSSR count). The summed E-state index contributed by atoms with van der Waals surface area (Å²) in [5, 5.41) is 10.8. The van der Waals surface area contributed by atoms with E-state index in [9.17, 15) is 0 Å². The molecule has 50 heavy (non-hydrogen) atoms. The Balaban J connectivity index is 1.30. The van der Waals surface area contributed by atoms with E-state index < -0.39 is 0 Å². The third kappa shape index (κ3) is 3.98. The van der Waals surface area contributed by atoms with E-state index in [4.69, 9.17) is 19.4 Å². The number of hydrogen-bond acceptors (Lipinski definition) is 4. The lowest BCUT2D eigenvalue weighted by atomic mass is 10.0. The van der Waals surface area contributed by atoms with E-state index in [0.29, 0.717) is 17.1 Å². The number of furan rings is 1. The maximum Gasteiger partial charge on any atom is 0.164 e. The van der Waals surface area contributed by atoms with E-state index in [1.165, 1.54) is 10.8 Å². The second-order valence-electron chi connectivity index (χ2n) is 12.8. The third-order valence-electron chi connectivity index (χ3n) is 9.99. The molecule has 4 aromatic heterocycles. The smallest absolute Gasteiger partial charge is 0.164 e. The summed E-state index contributed by atoms with van der Waals surface area (Å²) in [5.41, 5.74) is 7.13. The molecule has 0 spiro atoms. The zero-order valence-electron chi connectivity index (χ0n) is 26.7. The van der Waals surface area contributed by atoms with Crippen LogP contribution in [0.25, 0.3) is 104 Å². The van der Waals surface area contributed by atoms with Crippen LogP contribution >= 0.6 is 0 Å². The van der Waals surface area contributed by atoms with Crippen molar-refractivity contribution in [3.8, 4) is 17.1 Å². The molecule has 0 fully saturated rings. The van der Waals surface area contributed by atoms with Gasteiger partial charge in [0.15, 0.2) is 17.1 Å². The van der Waals surface area contributed by atoms with Crippen LogP contribution in [0, 0.1) is 0 Å². The van der Waals surface area contributed by atoms with Crippen molar-refractivity contribution in [3.05, 3.63) is 158 Å². The van der Waals surface area contributed by atoms with Crippen LogP contribution in [0.2, 0.25) is 0 Å². The van der Waals surface area contributed by atoms with E-state index in [0.717, 1.165) is 76.5 Å². The zero-order valence-corrected chi connectivity index (χ0v) is 26.7. The number of benzene rings is 7. The summed E-state index contributed by atoms with van der Waals surface area (Å²) in [5.74, 6) is 0.614. The van der Waals surface area contributed by atoms with Gasteiger partial charge in [0.25, 0.3) is 0 Å². The lowest BCUT2D eigenvalue weighted by Gasteiger charge is -2.09.